The summed E-state index contributed by atoms with van der Waals surface area (Å²) in [6.45, 7) is 0.696. The van der Waals surface area contributed by atoms with Crippen LogP contribution in [-0.2, 0) is 18.2 Å². The lowest BCUT2D eigenvalue weighted by Crippen LogP contribution is -2.41. The Morgan fingerprint density at radius 1 is 1.57 bits per heavy atom. The van der Waals surface area contributed by atoms with E-state index in [0.29, 0.717) is 12.2 Å². The van der Waals surface area contributed by atoms with Crippen LogP contribution in [0.2, 0.25) is 0 Å². The van der Waals surface area contributed by atoms with E-state index in [9.17, 15) is 4.79 Å². The maximum Gasteiger partial charge on any atom is 0.272 e. The van der Waals surface area contributed by atoms with Gasteiger partial charge < -0.3 is 9.64 Å². The molecule has 1 amide bonds. The Bertz CT molecular complexity index is 607. The lowest BCUT2D eigenvalue weighted by Gasteiger charge is -2.27. The van der Waals surface area contributed by atoms with Crippen molar-refractivity contribution in [2.45, 2.75) is 25.0 Å². The van der Waals surface area contributed by atoms with Crippen LogP contribution >= 0.6 is 0 Å². The largest absolute Gasteiger partial charge is 0.379 e. The number of ether oxygens (including phenoxy) is 1. The minimum Gasteiger partial charge on any atom is -0.379 e. The molecule has 0 unspecified atom stereocenters. The number of likely N-dealkylation sites (tertiary alicyclic amines) is 1. The van der Waals surface area contributed by atoms with Crippen LogP contribution in [0, 0.1) is 0 Å². The fourth-order valence-electron chi connectivity index (χ4n) is 2.94. The van der Waals surface area contributed by atoms with E-state index in [2.05, 4.69) is 15.3 Å². The topological polar surface area (TPSA) is 76.0 Å². The summed E-state index contributed by atoms with van der Waals surface area (Å²) in [5.74, 6) is -0.0269. The Balaban J connectivity index is 1.80. The number of methoxy groups -OCH3 is 1. The number of nitrogens with zero attached hydrogens (tertiary/aromatic N) is 4. The molecule has 0 spiro atoms. The summed E-state index contributed by atoms with van der Waals surface area (Å²) >= 11 is 0. The van der Waals surface area contributed by atoms with Crippen LogP contribution in [-0.4, -0.2) is 56.6 Å². The van der Waals surface area contributed by atoms with E-state index < -0.39 is 0 Å². The Morgan fingerprint density at radius 3 is 3.05 bits per heavy atom. The minimum atomic E-state index is -0.0269. The fraction of sp³-hybridized carbons (Fsp3) is 0.500. The average molecular weight is 289 g/mol. The predicted molar refractivity (Wildman–Crippen MR) is 75.7 cm³/mol. The Hall–Kier alpha value is -2.15. The number of nitrogens with one attached hydrogen (secondary N) is 1. The van der Waals surface area contributed by atoms with Gasteiger partial charge in [-0.1, -0.05) is 0 Å². The first-order chi connectivity index (χ1) is 10.2. The summed E-state index contributed by atoms with van der Waals surface area (Å²) < 4.78 is 7.32. The average Bonchev–Trinajstić information content (AvgIpc) is 3.19. The highest BCUT2D eigenvalue weighted by Crippen LogP contribution is 2.25. The van der Waals surface area contributed by atoms with Crippen LogP contribution in [0.15, 0.2) is 24.7 Å². The predicted octanol–water partition coefficient (Wildman–Crippen LogP) is 0.615. The first kappa shape index (κ1) is 13.8. The van der Waals surface area contributed by atoms with Crippen molar-refractivity contribution in [3.05, 3.63) is 35.9 Å². The molecule has 2 atom stereocenters. The van der Waals surface area contributed by atoms with Crippen molar-refractivity contribution in [2.75, 3.05) is 13.7 Å². The summed E-state index contributed by atoms with van der Waals surface area (Å²) in [4.78, 5) is 14.4. The van der Waals surface area contributed by atoms with E-state index in [1.54, 1.807) is 24.1 Å². The number of aryl methyl sites for hydroxylation is 1. The number of carbonyl (C=O) groups is 1. The van der Waals surface area contributed by atoms with Gasteiger partial charge in [0, 0.05) is 33.1 Å². The Morgan fingerprint density at radius 2 is 2.43 bits per heavy atom. The number of hydrogen-bond acceptors (Lipinski definition) is 4. The van der Waals surface area contributed by atoms with E-state index in [1.807, 2.05) is 24.3 Å². The molecule has 2 aromatic heterocycles. The van der Waals surface area contributed by atoms with E-state index in [1.165, 1.54) is 0 Å². The molecule has 3 heterocycles. The summed E-state index contributed by atoms with van der Waals surface area (Å²) in [6.07, 6.45) is 7.05. The highest BCUT2D eigenvalue weighted by Gasteiger charge is 2.38. The van der Waals surface area contributed by atoms with Crippen molar-refractivity contribution >= 4 is 5.91 Å². The second-order valence-electron chi connectivity index (χ2n) is 5.33. The van der Waals surface area contributed by atoms with Crippen molar-refractivity contribution in [1.29, 1.82) is 0 Å². The summed E-state index contributed by atoms with van der Waals surface area (Å²) in [5, 5.41) is 10.8. The van der Waals surface area contributed by atoms with Crippen LogP contribution in [0.3, 0.4) is 0 Å². The lowest BCUT2D eigenvalue weighted by molar-refractivity contribution is 0.0504. The Kier molecular flexibility index (Phi) is 3.74. The third-order valence-electron chi connectivity index (χ3n) is 3.98. The molecule has 3 rings (SSSR count). The monoisotopic (exact) mass is 289 g/mol. The van der Waals surface area contributed by atoms with Crippen molar-refractivity contribution < 1.29 is 9.53 Å². The van der Waals surface area contributed by atoms with Gasteiger partial charge in [0.2, 0.25) is 0 Å². The lowest BCUT2D eigenvalue weighted by atomic mass is 10.0. The molecule has 7 heteroatoms. The SMILES string of the molecule is CO[C@H]1CCN(C(=O)c2ccn[nH]2)[C@H]1Cc1cnn(C)c1. The number of hydrogen-bond donors (Lipinski definition) is 1. The van der Waals surface area contributed by atoms with Crippen molar-refractivity contribution in [3.63, 3.8) is 0 Å². The van der Waals surface area contributed by atoms with Gasteiger partial charge >= 0.3 is 0 Å². The molecule has 1 aliphatic rings. The van der Waals surface area contributed by atoms with E-state index in [-0.39, 0.29) is 18.1 Å². The van der Waals surface area contributed by atoms with Crippen LogP contribution in [0.5, 0.6) is 0 Å². The van der Waals surface area contributed by atoms with E-state index in [0.717, 1.165) is 18.4 Å². The summed E-state index contributed by atoms with van der Waals surface area (Å²) in [6, 6.07) is 1.72. The molecule has 0 aliphatic carbocycles. The molecule has 0 aromatic carbocycles. The van der Waals surface area contributed by atoms with Crippen molar-refractivity contribution in [3.8, 4) is 0 Å². The molecule has 0 saturated carbocycles. The first-order valence-electron chi connectivity index (χ1n) is 6.99. The number of H-pyrrole nitrogens is 1. The molecule has 112 valence electrons. The third kappa shape index (κ3) is 2.69. The molecular formula is C14H19N5O2. The van der Waals surface area contributed by atoms with Crippen LogP contribution in [0.25, 0.3) is 0 Å². The van der Waals surface area contributed by atoms with Crippen LogP contribution in [0.4, 0.5) is 0 Å². The van der Waals surface area contributed by atoms with Gasteiger partial charge in [0.15, 0.2) is 0 Å². The van der Waals surface area contributed by atoms with Crippen LogP contribution in [0.1, 0.15) is 22.5 Å². The fourth-order valence-corrected chi connectivity index (χ4v) is 2.94. The van der Waals surface area contributed by atoms with Gasteiger partial charge in [0.25, 0.3) is 5.91 Å². The zero-order chi connectivity index (χ0) is 14.8. The Labute approximate surface area is 122 Å². The highest BCUT2D eigenvalue weighted by molar-refractivity contribution is 5.92. The van der Waals surface area contributed by atoms with Gasteiger partial charge in [-0.2, -0.15) is 10.2 Å². The molecule has 21 heavy (non-hydrogen) atoms. The summed E-state index contributed by atoms with van der Waals surface area (Å²) in [5.41, 5.74) is 1.62. The molecular weight excluding hydrogens is 270 g/mol. The van der Waals surface area contributed by atoms with Crippen LogP contribution < -0.4 is 0 Å². The number of rotatable bonds is 4. The highest BCUT2D eigenvalue weighted by atomic mass is 16.5. The second-order valence-corrected chi connectivity index (χ2v) is 5.33. The zero-order valence-corrected chi connectivity index (χ0v) is 12.2. The zero-order valence-electron chi connectivity index (χ0n) is 12.2. The van der Waals surface area contributed by atoms with Gasteiger partial charge in [0.05, 0.1) is 18.3 Å². The normalized spacial score (nSPS) is 21.9. The number of aromatic amines is 1. The maximum atomic E-state index is 12.6. The number of amides is 1. The molecule has 1 fully saturated rings. The quantitative estimate of drug-likeness (QED) is 0.895. The minimum absolute atomic E-state index is 0.0231. The van der Waals surface area contributed by atoms with Gasteiger partial charge in [-0.05, 0) is 24.5 Å². The molecule has 1 N–H and O–H groups in total. The van der Waals surface area contributed by atoms with Gasteiger partial charge in [-0.3, -0.25) is 14.6 Å². The standard InChI is InChI=1S/C14H19N5O2/c1-18-9-10(8-16-18)7-12-13(21-2)4-6-19(12)14(20)11-3-5-15-17-11/h3,5,8-9,12-13H,4,6-7H2,1-2H3,(H,15,17)/t12-,13-/m0/s1. The van der Waals surface area contributed by atoms with Gasteiger partial charge in [-0.25, -0.2) is 0 Å². The molecule has 0 bridgehead atoms. The molecule has 2 aromatic rings. The molecule has 1 aliphatic heterocycles. The number of carbonyl (C=O) groups excluding carboxylic acids is 1. The smallest absolute Gasteiger partial charge is 0.272 e. The third-order valence-corrected chi connectivity index (χ3v) is 3.98. The molecule has 1 saturated heterocycles. The second kappa shape index (κ2) is 5.69. The summed E-state index contributed by atoms with van der Waals surface area (Å²) in [7, 11) is 3.59. The molecule has 7 nitrogen and oxygen atoms in total. The van der Waals surface area contributed by atoms with Crippen molar-refractivity contribution in [1.82, 2.24) is 24.9 Å². The van der Waals surface area contributed by atoms with Crippen molar-refractivity contribution in [2.24, 2.45) is 7.05 Å². The molecule has 0 radical (unpaired) electrons. The van der Waals surface area contributed by atoms with Gasteiger partial charge in [-0.15, -0.1) is 0 Å². The first-order valence-corrected chi connectivity index (χ1v) is 6.99. The van der Waals surface area contributed by atoms with E-state index >= 15 is 0 Å². The number of aromatic nitrogens is 4. The maximum absolute atomic E-state index is 12.6. The van der Waals surface area contributed by atoms with E-state index in [4.69, 9.17) is 4.74 Å². The van der Waals surface area contributed by atoms with Gasteiger partial charge in [0.1, 0.15) is 5.69 Å².